The molecule has 1 radical (unpaired) electrons. The molecule has 13 heavy (non-hydrogen) atoms. The number of amides is 2. The summed E-state index contributed by atoms with van der Waals surface area (Å²) in [7, 11) is 3.34. The second kappa shape index (κ2) is 5.56. The summed E-state index contributed by atoms with van der Waals surface area (Å²) in [6, 6.07) is -0.438. The van der Waals surface area contributed by atoms with Gasteiger partial charge in [0.1, 0.15) is 6.04 Å². The van der Waals surface area contributed by atoms with Crippen LogP contribution in [0.5, 0.6) is 0 Å². The Morgan fingerprint density at radius 1 is 1.46 bits per heavy atom. The maximum Gasteiger partial charge on any atom is 0.309 e. The van der Waals surface area contributed by atoms with Gasteiger partial charge >= 0.3 is 6.41 Å². The van der Waals surface area contributed by atoms with Crippen LogP contribution >= 0.6 is 0 Å². The maximum absolute atomic E-state index is 11.5. The molecule has 0 aromatic heterocycles. The zero-order valence-corrected chi connectivity index (χ0v) is 8.63. The lowest BCUT2D eigenvalue weighted by molar-refractivity contribution is -0.130. The van der Waals surface area contributed by atoms with Crippen LogP contribution in [0.2, 0.25) is 0 Å². The van der Waals surface area contributed by atoms with E-state index < -0.39 is 6.04 Å². The van der Waals surface area contributed by atoms with Crippen LogP contribution in [0, 0.1) is 5.92 Å². The fourth-order valence-corrected chi connectivity index (χ4v) is 1.08. The van der Waals surface area contributed by atoms with Gasteiger partial charge in [0.2, 0.25) is 5.91 Å². The highest BCUT2D eigenvalue weighted by Gasteiger charge is 2.20. The fraction of sp³-hybridized carbons (Fsp3) is 0.778. The summed E-state index contributed by atoms with van der Waals surface area (Å²) in [5, 5.41) is 2.40. The molecular formula is C9H17N2O2. The average molecular weight is 185 g/mol. The highest BCUT2D eigenvalue weighted by Crippen LogP contribution is 2.05. The fourth-order valence-electron chi connectivity index (χ4n) is 1.08. The van der Waals surface area contributed by atoms with E-state index in [1.165, 1.54) is 4.90 Å². The quantitative estimate of drug-likeness (QED) is 0.620. The Morgan fingerprint density at radius 3 is 2.31 bits per heavy atom. The smallest absolute Gasteiger partial charge is 0.309 e. The SMILES string of the molecule is CC(C)CC(N[C]=O)C(=O)N(C)C. The summed E-state index contributed by atoms with van der Waals surface area (Å²) in [5.41, 5.74) is 0. The first-order valence-corrected chi connectivity index (χ1v) is 4.32. The van der Waals surface area contributed by atoms with Crippen LogP contribution in [-0.4, -0.2) is 37.4 Å². The lowest BCUT2D eigenvalue weighted by Crippen LogP contribution is -2.43. The van der Waals surface area contributed by atoms with Gasteiger partial charge in [0.15, 0.2) is 0 Å². The van der Waals surface area contributed by atoms with Gasteiger partial charge in [0, 0.05) is 14.1 Å². The molecule has 0 heterocycles. The number of likely N-dealkylation sites (N-methyl/N-ethyl adjacent to an activating group) is 1. The molecule has 75 valence electrons. The molecule has 0 aromatic carbocycles. The molecule has 0 aliphatic heterocycles. The number of nitrogens with zero attached hydrogens (tertiary/aromatic N) is 1. The monoisotopic (exact) mass is 185 g/mol. The Balaban J connectivity index is 4.23. The van der Waals surface area contributed by atoms with Crippen LogP contribution < -0.4 is 5.32 Å². The molecule has 0 saturated heterocycles. The van der Waals surface area contributed by atoms with Crippen molar-refractivity contribution in [3.05, 3.63) is 0 Å². The van der Waals surface area contributed by atoms with E-state index in [9.17, 15) is 9.59 Å². The van der Waals surface area contributed by atoms with E-state index in [0.717, 1.165) is 0 Å². The first-order chi connectivity index (χ1) is 5.99. The summed E-state index contributed by atoms with van der Waals surface area (Å²) in [5.74, 6) is 0.284. The molecule has 2 amide bonds. The van der Waals surface area contributed by atoms with Crippen LogP contribution in [0.15, 0.2) is 0 Å². The van der Waals surface area contributed by atoms with Gasteiger partial charge in [-0.15, -0.1) is 0 Å². The van der Waals surface area contributed by atoms with E-state index in [2.05, 4.69) is 5.32 Å². The van der Waals surface area contributed by atoms with Crippen molar-refractivity contribution in [1.82, 2.24) is 10.2 Å². The Labute approximate surface area is 79.3 Å². The molecule has 4 heteroatoms. The Bertz CT molecular complexity index is 178. The number of carbonyl (C=O) groups excluding carboxylic acids is 2. The Hall–Kier alpha value is -1.06. The lowest BCUT2D eigenvalue weighted by Gasteiger charge is -2.20. The first kappa shape index (κ1) is 11.9. The van der Waals surface area contributed by atoms with Crippen LogP contribution in [0.3, 0.4) is 0 Å². The van der Waals surface area contributed by atoms with E-state index in [4.69, 9.17) is 0 Å². The lowest BCUT2D eigenvalue weighted by atomic mass is 10.0. The van der Waals surface area contributed by atoms with E-state index >= 15 is 0 Å². The third-order valence-corrected chi connectivity index (χ3v) is 1.68. The molecule has 0 aliphatic rings. The molecule has 0 fully saturated rings. The van der Waals surface area contributed by atoms with Crippen molar-refractivity contribution in [2.45, 2.75) is 26.3 Å². The van der Waals surface area contributed by atoms with E-state index in [-0.39, 0.29) is 5.91 Å². The van der Waals surface area contributed by atoms with Gasteiger partial charge in [-0.3, -0.25) is 9.59 Å². The normalized spacial score (nSPS) is 12.4. The van der Waals surface area contributed by atoms with Gasteiger partial charge in [0.25, 0.3) is 0 Å². The van der Waals surface area contributed by atoms with Crippen molar-refractivity contribution in [2.24, 2.45) is 5.92 Å². The second-order valence-corrected chi connectivity index (χ2v) is 3.66. The minimum absolute atomic E-state index is 0.0861. The molecule has 1 unspecified atom stereocenters. The van der Waals surface area contributed by atoms with Gasteiger partial charge in [-0.1, -0.05) is 13.8 Å². The minimum Gasteiger partial charge on any atom is -0.347 e. The van der Waals surface area contributed by atoms with Gasteiger partial charge in [-0.25, -0.2) is 0 Å². The van der Waals surface area contributed by atoms with Crippen molar-refractivity contribution in [1.29, 1.82) is 0 Å². The van der Waals surface area contributed by atoms with Crippen molar-refractivity contribution in [2.75, 3.05) is 14.1 Å². The summed E-state index contributed by atoms with van der Waals surface area (Å²) >= 11 is 0. The van der Waals surface area contributed by atoms with Crippen LogP contribution in [0.1, 0.15) is 20.3 Å². The van der Waals surface area contributed by atoms with Crippen molar-refractivity contribution < 1.29 is 9.59 Å². The number of hydrogen-bond donors (Lipinski definition) is 1. The minimum atomic E-state index is -0.438. The van der Waals surface area contributed by atoms with E-state index in [1.807, 2.05) is 13.8 Å². The molecule has 1 atom stereocenters. The molecule has 0 aromatic rings. The van der Waals surface area contributed by atoms with Crippen LogP contribution in [-0.2, 0) is 9.59 Å². The summed E-state index contributed by atoms with van der Waals surface area (Å²) in [6.07, 6.45) is 2.21. The van der Waals surface area contributed by atoms with E-state index in [1.54, 1.807) is 20.5 Å². The standard InChI is InChI=1S/C9H17N2O2/c1-7(2)5-8(10-6-12)9(13)11(3)4/h7-8H,5H2,1-4H3,(H,10,12). The largest absolute Gasteiger partial charge is 0.347 e. The third-order valence-electron chi connectivity index (χ3n) is 1.68. The second-order valence-electron chi connectivity index (χ2n) is 3.66. The maximum atomic E-state index is 11.5. The summed E-state index contributed by atoms with van der Waals surface area (Å²) in [6.45, 7) is 4.00. The van der Waals surface area contributed by atoms with Crippen molar-refractivity contribution >= 4 is 12.3 Å². The van der Waals surface area contributed by atoms with Gasteiger partial charge in [-0.05, 0) is 12.3 Å². The molecule has 0 aliphatic carbocycles. The Morgan fingerprint density at radius 2 is 2.00 bits per heavy atom. The molecule has 0 bridgehead atoms. The molecule has 1 N–H and O–H groups in total. The third kappa shape index (κ3) is 4.50. The molecular weight excluding hydrogens is 168 g/mol. The summed E-state index contributed by atoms with van der Waals surface area (Å²) in [4.78, 5) is 23.0. The number of rotatable bonds is 5. The Kier molecular flexibility index (Phi) is 5.11. The van der Waals surface area contributed by atoms with Crippen LogP contribution in [0.25, 0.3) is 0 Å². The topological polar surface area (TPSA) is 49.4 Å². The zero-order valence-electron chi connectivity index (χ0n) is 8.63. The van der Waals surface area contributed by atoms with Crippen LogP contribution in [0.4, 0.5) is 0 Å². The van der Waals surface area contributed by atoms with Crippen molar-refractivity contribution in [3.63, 3.8) is 0 Å². The molecule has 4 nitrogen and oxygen atoms in total. The average Bonchev–Trinajstić information content (AvgIpc) is 2.01. The molecule has 0 rings (SSSR count). The highest BCUT2D eigenvalue weighted by atomic mass is 16.2. The van der Waals surface area contributed by atoms with Crippen molar-refractivity contribution in [3.8, 4) is 0 Å². The number of hydrogen-bond acceptors (Lipinski definition) is 2. The van der Waals surface area contributed by atoms with Gasteiger partial charge in [0.05, 0.1) is 0 Å². The highest BCUT2D eigenvalue weighted by molar-refractivity contribution is 5.83. The molecule has 0 spiro atoms. The molecule has 0 saturated carbocycles. The summed E-state index contributed by atoms with van der Waals surface area (Å²) < 4.78 is 0. The first-order valence-electron chi connectivity index (χ1n) is 4.32. The predicted molar refractivity (Wildman–Crippen MR) is 50.8 cm³/mol. The number of carbonyl (C=O) groups is 1. The zero-order chi connectivity index (χ0) is 10.4. The van der Waals surface area contributed by atoms with Gasteiger partial charge < -0.3 is 10.2 Å². The van der Waals surface area contributed by atoms with E-state index in [0.29, 0.717) is 12.3 Å². The predicted octanol–water partition coefficient (Wildman–Crippen LogP) is 0.146. The van der Waals surface area contributed by atoms with Gasteiger partial charge in [-0.2, -0.15) is 0 Å². The number of nitrogens with one attached hydrogen (secondary N) is 1.